The summed E-state index contributed by atoms with van der Waals surface area (Å²) in [5.74, 6) is 2.47. The van der Waals surface area contributed by atoms with Gasteiger partial charge in [0, 0.05) is 11.6 Å². The molecule has 0 saturated carbocycles. The SMILES string of the molecule is C#CCOc1cc(-c2ccc(F)cc2)ncn1. The van der Waals surface area contributed by atoms with E-state index in [4.69, 9.17) is 11.2 Å². The number of nitrogens with zero attached hydrogens (tertiary/aromatic N) is 2. The van der Waals surface area contributed by atoms with E-state index in [1.807, 2.05) is 0 Å². The summed E-state index contributed by atoms with van der Waals surface area (Å²) in [6.07, 6.45) is 6.46. The van der Waals surface area contributed by atoms with Gasteiger partial charge in [-0.05, 0) is 24.3 Å². The first-order valence-electron chi connectivity index (χ1n) is 4.94. The van der Waals surface area contributed by atoms with Crippen molar-refractivity contribution < 1.29 is 9.13 Å². The van der Waals surface area contributed by atoms with Crippen LogP contribution in [0.4, 0.5) is 4.39 Å². The second-order valence-corrected chi connectivity index (χ2v) is 3.24. The van der Waals surface area contributed by atoms with Crippen molar-refractivity contribution in [3.63, 3.8) is 0 Å². The largest absolute Gasteiger partial charge is 0.464 e. The molecular weight excluding hydrogens is 219 g/mol. The number of hydrogen-bond donors (Lipinski definition) is 0. The number of hydrogen-bond acceptors (Lipinski definition) is 3. The number of benzene rings is 1. The highest BCUT2D eigenvalue weighted by atomic mass is 19.1. The van der Waals surface area contributed by atoms with Gasteiger partial charge in [0.2, 0.25) is 5.88 Å². The van der Waals surface area contributed by atoms with Gasteiger partial charge in [0.1, 0.15) is 12.1 Å². The summed E-state index contributed by atoms with van der Waals surface area (Å²) in [4.78, 5) is 8.00. The Morgan fingerprint density at radius 2 is 2.00 bits per heavy atom. The average molecular weight is 228 g/mol. The topological polar surface area (TPSA) is 35.0 Å². The number of terminal acetylenes is 1. The first-order valence-corrected chi connectivity index (χ1v) is 4.94. The molecule has 17 heavy (non-hydrogen) atoms. The van der Waals surface area contributed by atoms with Crippen LogP contribution in [0.25, 0.3) is 11.3 Å². The normalized spacial score (nSPS) is 9.65. The highest BCUT2D eigenvalue weighted by Gasteiger charge is 2.02. The smallest absolute Gasteiger partial charge is 0.217 e. The van der Waals surface area contributed by atoms with E-state index in [1.165, 1.54) is 18.5 Å². The van der Waals surface area contributed by atoms with Crippen LogP contribution in [0.2, 0.25) is 0 Å². The van der Waals surface area contributed by atoms with Crippen molar-refractivity contribution in [3.8, 4) is 29.5 Å². The molecule has 0 saturated heterocycles. The zero-order valence-corrected chi connectivity index (χ0v) is 8.93. The molecule has 0 aliphatic heterocycles. The van der Waals surface area contributed by atoms with Gasteiger partial charge in [-0.1, -0.05) is 5.92 Å². The van der Waals surface area contributed by atoms with Crippen LogP contribution in [0.15, 0.2) is 36.7 Å². The van der Waals surface area contributed by atoms with E-state index < -0.39 is 0 Å². The fourth-order valence-corrected chi connectivity index (χ4v) is 1.31. The third-order valence-corrected chi connectivity index (χ3v) is 2.09. The van der Waals surface area contributed by atoms with Gasteiger partial charge in [-0.2, -0.15) is 0 Å². The van der Waals surface area contributed by atoms with E-state index in [0.29, 0.717) is 11.6 Å². The van der Waals surface area contributed by atoms with Crippen LogP contribution in [0.1, 0.15) is 0 Å². The molecule has 0 unspecified atom stereocenters. The van der Waals surface area contributed by atoms with Crippen molar-refractivity contribution in [2.24, 2.45) is 0 Å². The summed E-state index contributed by atoms with van der Waals surface area (Å²) in [5.41, 5.74) is 1.45. The van der Waals surface area contributed by atoms with Crippen LogP contribution in [-0.2, 0) is 0 Å². The molecule has 84 valence electrons. The first-order chi connectivity index (χ1) is 8.29. The van der Waals surface area contributed by atoms with Crippen molar-refractivity contribution in [1.29, 1.82) is 0 Å². The van der Waals surface area contributed by atoms with E-state index in [-0.39, 0.29) is 12.4 Å². The van der Waals surface area contributed by atoms with Gasteiger partial charge in [-0.15, -0.1) is 6.42 Å². The molecule has 2 rings (SSSR count). The Kier molecular flexibility index (Phi) is 3.31. The van der Waals surface area contributed by atoms with Gasteiger partial charge in [-0.3, -0.25) is 0 Å². The molecule has 0 fully saturated rings. The lowest BCUT2D eigenvalue weighted by Crippen LogP contribution is -1.97. The van der Waals surface area contributed by atoms with E-state index in [2.05, 4.69) is 15.9 Å². The van der Waals surface area contributed by atoms with Crippen LogP contribution >= 0.6 is 0 Å². The third-order valence-electron chi connectivity index (χ3n) is 2.09. The predicted molar refractivity (Wildman–Crippen MR) is 61.8 cm³/mol. The Bertz CT molecular complexity index is 546. The van der Waals surface area contributed by atoms with E-state index in [1.54, 1.807) is 18.2 Å². The maximum absolute atomic E-state index is 12.8. The highest BCUT2D eigenvalue weighted by molar-refractivity contribution is 5.59. The molecule has 0 bridgehead atoms. The second-order valence-electron chi connectivity index (χ2n) is 3.24. The molecule has 0 amide bonds. The van der Waals surface area contributed by atoms with E-state index >= 15 is 0 Å². The maximum atomic E-state index is 12.8. The van der Waals surface area contributed by atoms with Gasteiger partial charge in [0.15, 0.2) is 6.61 Å². The summed E-state index contributed by atoms with van der Waals surface area (Å²) >= 11 is 0. The number of aromatic nitrogens is 2. The Morgan fingerprint density at radius 1 is 1.24 bits per heavy atom. The standard InChI is InChI=1S/C13H9FN2O/c1-2-7-17-13-8-12(15-9-16-13)10-3-5-11(14)6-4-10/h1,3-6,8-9H,7H2. The van der Waals surface area contributed by atoms with Gasteiger partial charge in [0.05, 0.1) is 5.69 Å². The maximum Gasteiger partial charge on any atom is 0.217 e. The number of ether oxygens (including phenoxy) is 1. The molecule has 3 nitrogen and oxygen atoms in total. The van der Waals surface area contributed by atoms with Gasteiger partial charge in [-0.25, -0.2) is 14.4 Å². The van der Waals surface area contributed by atoms with E-state index in [9.17, 15) is 4.39 Å². The molecule has 1 aromatic carbocycles. The van der Waals surface area contributed by atoms with Crippen molar-refractivity contribution >= 4 is 0 Å². The Labute approximate surface area is 98.3 Å². The Morgan fingerprint density at radius 3 is 2.71 bits per heavy atom. The molecule has 0 radical (unpaired) electrons. The van der Waals surface area contributed by atoms with Crippen molar-refractivity contribution in [3.05, 3.63) is 42.5 Å². The van der Waals surface area contributed by atoms with Gasteiger partial charge >= 0.3 is 0 Å². The Balaban J connectivity index is 2.27. The average Bonchev–Trinajstić information content (AvgIpc) is 2.37. The molecule has 0 aliphatic carbocycles. The van der Waals surface area contributed by atoms with Crippen LogP contribution < -0.4 is 4.74 Å². The fraction of sp³-hybridized carbons (Fsp3) is 0.0769. The zero-order chi connectivity index (χ0) is 12.1. The van der Waals surface area contributed by atoms with Gasteiger partial charge in [0.25, 0.3) is 0 Å². The second kappa shape index (κ2) is 5.08. The third kappa shape index (κ3) is 2.79. The monoisotopic (exact) mass is 228 g/mol. The molecule has 0 atom stereocenters. The zero-order valence-electron chi connectivity index (χ0n) is 8.93. The lowest BCUT2D eigenvalue weighted by molar-refractivity contribution is 0.355. The summed E-state index contributed by atoms with van der Waals surface area (Å²) in [5, 5.41) is 0. The molecule has 0 N–H and O–H groups in total. The summed E-state index contributed by atoms with van der Waals surface area (Å²) in [7, 11) is 0. The minimum atomic E-state index is -0.286. The van der Waals surface area contributed by atoms with Crippen molar-refractivity contribution in [1.82, 2.24) is 9.97 Å². The van der Waals surface area contributed by atoms with Crippen molar-refractivity contribution in [2.45, 2.75) is 0 Å². The highest BCUT2D eigenvalue weighted by Crippen LogP contribution is 2.19. The lowest BCUT2D eigenvalue weighted by Gasteiger charge is -2.03. The first kappa shape index (κ1) is 11.1. The van der Waals surface area contributed by atoms with Crippen LogP contribution in [0, 0.1) is 18.2 Å². The van der Waals surface area contributed by atoms with E-state index in [0.717, 1.165) is 5.56 Å². The Hall–Kier alpha value is -2.41. The van der Waals surface area contributed by atoms with Crippen molar-refractivity contribution in [2.75, 3.05) is 6.61 Å². The lowest BCUT2D eigenvalue weighted by atomic mass is 10.1. The fourth-order valence-electron chi connectivity index (χ4n) is 1.31. The molecule has 0 spiro atoms. The minimum Gasteiger partial charge on any atom is -0.464 e. The minimum absolute atomic E-state index is 0.153. The molecular formula is C13H9FN2O. The summed E-state index contributed by atoms with van der Waals surface area (Å²) < 4.78 is 17.9. The summed E-state index contributed by atoms with van der Waals surface area (Å²) in [6, 6.07) is 7.69. The molecule has 2 aromatic rings. The molecule has 4 heteroatoms. The summed E-state index contributed by atoms with van der Waals surface area (Å²) in [6.45, 7) is 0.153. The predicted octanol–water partition coefficient (Wildman–Crippen LogP) is 2.29. The molecule has 0 aliphatic rings. The number of rotatable bonds is 3. The van der Waals surface area contributed by atoms with Crippen LogP contribution in [0.5, 0.6) is 5.88 Å². The molecule has 1 aromatic heterocycles. The van der Waals surface area contributed by atoms with Crippen LogP contribution in [-0.4, -0.2) is 16.6 Å². The molecule has 1 heterocycles. The quantitative estimate of drug-likeness (QED) is 0.756. The van der Waals surface area contributed by atoms with Crippen LogP contribution in [0.3, 0.4) is 0 Å². The van der Waals surface area contributed by atoms with Gasteiger partial charge < -0.3 is 4.74 Å². The number of halogens is 1.